The fourth-order valence-corrected chi connectivity index (χ4v) is 3.61. The SMILES string of the molecule is C=CC(C(=O)O)C1=C(C(=O)c2ccccc2)CN2C[C@H](NC(=O)OC(C)(C)C)C(=O)N12. The van der Waals surface area contributed by atoms with Crippen molar-refractivity contribution < 1.29 is 29.0 Å². The molecule has 2 aliphatic heterocycles. The molecule has 1 saturated heterocycles. The summed E-state index contributed by atoms with van der Waals surface area (Å²) in [4.78, 5) is 50.2. The summed E-state index contributed by atoms with van der Waals surface area (Å²) in [6.45, 7) is 8.80. The van der Waals surface area contributed by atoms with Crippen molar-refractivity contribution in [3.63, 3.8) is 0 Å². The first kappa shape index (κ1) is 22.2. The molecule has 0 bridgehead atoms. The molecule has 1 aromatic rings. The first-order chi connectivity index (χ1) is 14.5. The number of carbonyl (C=O) groups is 4. The maximum absolute atomic E-state index is 13.1. The average molecular weight is 427 g/mol. The monoisotopic (exact) mass is 427 g/mol. The number of hydrogen-bond donors (Lipinski definition) is 2. The number of ketones is 1. The van der Waals surface area contributed by atoms with E-state index in [1.165, 1.54) is 11.1 Å². The van der Waals surface area contributed by atoms with Gasteiger partial charge in [-0.3, -0.25) is 14.4 Å². The van der Waals surface area contributed by atoms with Crippen molar-refractivity contribution in [3.05, 3.63) is 59.8 Å². The molecule has 164 valence electrons. The first-order valence-corrected chi connectivity index (χ1v) is 9.80. The molecular formula is C22H25N3O6. The zero-order valence-electron chi connectivity index (χ0n) is 17.6. The van der Waals surface area contributed by atoms with Gasteiger partial charge in [-0.05, 0) is 20.8 Å². The Morgan fingerprint density at radius 1 is 1.26 bits per heavy atom. The number of nitrogens with zero attached hydrogens (tertiary/aromatic N) is 2. The van der Waals surface area contributed by atoms with Gasteiger partial charge in [0.25, 0.3) is 5.91 Å². The Kier molecular flexibility index (Phi) is 5.99. The summed E-state index contributed by atoms with van der Waals surface area (Å²) in [6, 6.07) is 7.50. The van der Waals surface area contributed by atoms with Crippen molar-refractivity contribution in [1.29, 1.82) is 0 Å². The van der Waals surface area contributed by atoms with Gasteiger partial charge in [0.2, 0.25) is 0 Å². The molecule has 0 aromatic heterocycles. The zero-order chi connectivity index (χ0) is 22.9. The molecule has 2 heterocycles. The summed E-state index contributed by atoms with van der Waals surface area (Å²) in [6.07, 6.45) is 0.430. The van der Waals surface area contributed by atoms with Gasteiger partial charge in [0.1, 0.15) is 17.6 Å². The van der Waals surface area contributed by atoms with E-state index in [1.54, 1.807) is 56.1 Å². The molecule has 1 unspecified atom stereocenters. The fourth-order valence-electron chi connectivity index (χ4n) is 3.61. The van der Waals surface area contributed by atoms with E-state index in [9.17, 15) is 24.3 Å². The van der Waals surface area contributed by atoms with E-state index >= 15 is 0 Å². The van der Waals surface area contributed by atoms with Gasteiger partial charge in [0.15, 0.2) is 5.78 Å². The van der Waals surface area contributed by atoms with Crippen molar-refractivity contribution in [2.24, 2.45) is 5.92 Å². The van der Waals surface area contributed by atoms with Crippen molar-refractivity contribution >= 4 is 23.8 Å². The smallest absolute Gasteiger partial charge is 0.408 e. The number of rotatable bonds is 6. The van der Waals surface area contributed by atoms with Crippen LogP contribution in [0.25, 0.3) is 0 Å². The van der Waals surface area contributed by atoms with Crippen LogP contribution in [0.2, 0.25) is 0 Å². The number of hydrogen-bond acceptors (Lipinski definition) is 6. The molecule has 2 aliphatic rings. The number of benzene rings is 1. The van der Waals surface area contributed by atoms with Crippen LogP contribution in [0.5, 0.6) is 0 Å². The van der Waals surface area contributed by atoms with Crippen LogP contribution < -0.4 is 5.32 Å². The minimum Gasteiger partial charge on any atom is -0.481 e. The largest absolute Gasteiger partial charge is 0.481 e. The Morgan fingerprint density at radius 2 is 1.90 bits per heavy atom. The minimum absolute atomic E-state index is 0.0406. The number of amides is 2. The third-order valence-corrected chi connectivity index (χ3v) is 4.86. The Labute approximate surface area is 179 Å². The van der Waals surface area contributed by atoms with Crippen molar-refractivity contribution in [3.8, 4) is 0 Å². The number of nitrogens with one attached hydrogen (secondary N) is 1. The van der Waals surface area contributed by atoms with Gasteiger partial charge >= 0.3 is 12.1 Å². The Morgan fingerprint density at radius 3 is 2.45 bits per heavy atom. The normalized spacial score (nSPS) is 19.8. The third kappa shape index (κ3) is 4.51. The molecule has 9 nitrogen and oxygen atoms in total. The Bertz CT molecular complexity index is 963. The van der Waals surface area contributed by atoms with Gasteiger partial charge in [-0.1, -0.05) is 36.4 Å². The van der Waals surface area contributed by atoms with Crippen LogP contribution in [0.3, 0.4) is 0 Å². The van der Waals surface area contributed by atoms with Crippen molar-refractivity contribution in [1.82, 2.24) is 15.3 Å². The molecule has 2 N–H and O–H groups in total. The highest BCUT2D eigenvalue weighted by atomic mass is 16.6. The lowest BCUT2D eigenvalue weighted by Crippen LogP contribution is -2.45. The maximum Gasteiger partial charge on any atom is 0.408 e. The molecule has 2 atom stereocenters. The van der Waals surface area contributed by atoms with Gasteiger partial charge in [0.05, 0.1) is 5.70 Å². The second kappa shape index (κ2) is 8.35. The van der Waals surface area contributed by atoms with Crippen LogP contribution >= 0.6 is 0 Å². The molecule has 1 fully saturated rings. The van der Waals surface area contributed by atoms with Gasteiger partial charge in [0, 0.05) is 24.2 Å². The summed E-state index contributed by atoms with van der Waals surface area (Å²) in [5, 5.41) is 14.9. The maximum atomic E-state index is 13.1. The van der Waals surface area contributed by atoms with Crippen LogP contribution in [0.4, 0.5) is 4.79 Å². The van der Waals surface area contributed by atoms with Crippen LogP contribution in [-0.4, -0.2) is 63.6 Å². The lowest BCUT2D eigenvalue weighted by Gasteiger charge is -2.24. The van der Waals surface area contributed by atoms with E-state index in [1.807, 2.05) is 0 Å². The zero-order valence-corrected chi connectivity index (χ0v) is 17.6. The number of carboxylic acids is 1. The molecule has 31 heavy (non-hydrogen) atoms. The highest BCUT2D eigenvalue weighted by Gasteiger charge is 2.49. The molecular weight excluding hydrogens is 402 g/mol. The predicted octanol–water partition coefficient (Wildman–Crippen LogP) is 1.98. The molecule has 3 rings (SSSR count). The van der Waals surface area contributed by atoms with Crippen LogP contribution in [0.15, 0.2) is 54.3 Å². The molecule has 0 saturated carbocycles. The lowest BCUT2D eigenvalue weighted by molar-refractivity contribution is -0.141. The fraction of sp³-hybridized carbons (Fsp3) is 0.364. The first-order valence-electron chi connectivity index (χ1n) is 9.80. The minimum atomic E-state index is -1.27. The van der Waals surface area contributed by atoms with E-state index in [2.05, 4.69) is 11.9 Å². The number of ether oxygens (including phenoxy) is 1. The van der Waals surface area contributed by atoms with Gasteiger partial charge in [-0.15, -0.1) is 6.58 Å². The highest BCUT2D eigenvalue weighted by molar-refractivity contribution is 6.11. The van der Waals surface area contributed by atoms with Gasteiger partial charge in [-0.2, -0.15) is 0 Å². The second-order valence-electron chi connectivity index (χ2n) is 8.31. The quantitative estimate of drug-likeness (QED) is 0.527. The average Bonchev–Trinajstić information content (AvgIpc) is 3.18. The topological polar surface area (TPSA) is 116 Å². The number of hydrazine groups is 1. The number of carbonyl (C=O) groups excluding carboxylic acids is 3. The van der Waals surface area contributed by atoms with Gasteiger partial charge < -0.3 is 15.2 Å². The number of fused-ring (bicyclic) bond motifs is 1. The number of alkyl carbamates (subject to hydrolysis) is 1. The summed E-state index contributed by atoms with van der Waals surface area (Å²) in [5.74, 6) is -3.40. The second-order valence-corrected chi connectivity index (χ2v) is 8.31. The van der Waals surface area contributed by atoms with E-state index in [0.717, 1.165) is 0 Å². The summed E-state index contributed by atoms with van der Waals surface area (Å²) in [5.41, 5.74) is -0.0846. The van der Waals surface area contributed by atoms with Gasteiger partial charge in [-0.25, -0.2) is 14.8 Å². The number of Topliss-reactive ketones (excluding diaryl/α,β-unsaturated/α-hetero) is 1. The van der Waals surface area contributed by atoms with Crippen molar-refractivity contribution in [2.75, 3.05) is 13.1 Å². The third-order valence-electron chi connectivity index (χ3n) is 4.86. The number of aliphatic carboxylic acids is 1. The Hall–Kier alpha value is -3.46. The van der Waals surface area contributed by atoms with Crippen LogP contribution in [0.1, 0.15) is 31.1 Å². The highest BCUT2D eigenvalue weighted by Crippen LogP contribution is 2.36. The molecule has 2 amide bonds. The Balaban J connectivity index is 1.94. The van der Waals surface area contributed by atoms with Crippen molar-refractivity contribution in [2.45, 2.75) is 32.4 Å². The molecule has 0 spiro atoms. The molecule has 0 aliphatic carbocycles. The van der Waals surface area contributed by atoms with E-state index in [4.69, 9.17) is 4.74 Å². The molecule has 1 aromatic carbocycles. The molecule has 9 heteroatoms. The summed E-state index contributed by atoms with van der Waals surface area (Å²) in [7, 11) is 0. The number of carboxylic acid groups (broad SMARTS) is 1. The molecule has 0 radical (unpaired) electrons. The lowest BCUT2D eigenvalue weighted by atomic mass is 9.95. The van der Waals surface area contributed by atoms with E-state index < -0.39 is 35.5 Å². The predicted molar refractivity (Wildman–Crippen MR) is 111 cm³/mol. The van der Waals surface area contributed by atoms with E-state index in [-0.39, 0.29) is 30.1 Å². The standard InChI is InChI=1S/C22H25N3O6/c1-5-14(20(28)29)17-15(18(26)13-9-7-6-8-10-13)11-24-12-16(19(27)25(17)24)23-21(30)31-22(2,3)4/h5-10,14,16H,1,11-12H2,2-4H3,(H,23,30)(H,28,29)/t14?,16-/m0/s1. The summed E-state index contributed by atoms with van der Waals surface area (Å²) < 4.78 is 5.21. The summed E-state index contributed by atoms with van der Waals surface area (Å²) >= 11 is 0. The van der Waals surface area contributed by atoms with Crippen LogP contribution in [0, 0.1) is 5.92 Å². The van der Waals surface area contributed by atoms with Crippen LogP contribution in [-0.2, 0) is 14.3 Å². The van der Waals surface area contributed by atoms with E-state index in [0.29, 0.717) is 5.56 Å².